The van der Waals surface area contributed by atoms with Gasteiger partial charge in [0.05, 0.1) is 47.1 Å². The lowest BCUT2D eigenvalue weighted by molar-refractivity contribution is 0.1000. The van der Waals surface area contributed by atoms with E-state index in [2.05, 4.69) is 20.0 Å². The van der Waals surface area contributed by atoms with Crippen molar-refractivity contribution in [2.75, 3.05) is 32.7 Å². The molecule has 1 atom stereocenters. The van der Waals surface area contributed by atoms with Crippen molar-refractivity contribution in [2.24, 2.45) is 12.8 Å². The molecule has 9 nitrogen and oxygen atoms in total. The maximum Gasteiger partial charge on any atom is 0.251 e. The fraction of sp³-hybridized carbons (Fsp3) is 0.412. The number of likely N-dealkylation sites (N-methyl/N-ethyl adjacent to an activating group) is 1. The lowest BCUT2D eigenvalue weighted by Crippen LogP contribution is -2.28. The Bertz CT molecular complexity index is 894. The molecule has 3 heterocycles. The Labute approximate surface area is 161 Å². The van der Waals surface area contributed by atoms with Crippen LogP contribution in [0.2, 0.25) is 0 Å². The van der Waals surface area contributed by atoms with Crippen molar-refractivity contribution >= 4 is 33.1 Å². The number of carbonyl (C=O) groups excluding carboxylic acids is 1. The molecule has 3 aromatic heterocycles. The van der Waals surface area contributed by atoms with E-state index in [0.29, 0.717) is 11.4 Å². The predicted molar refractivity (Wildman–Crippen MR) is 105 cm³/mol. The first-order valence-electron chi connectivity index (χ1n) is 8.15. The molecule has 2 N–H and O–H groups in total. The van der Waals surface area contributed by atoms with Gasteiger partial charge >= 0.3 is 0 Å². The molecule has 0 aliphatic carbocycles. The number of pyridine rings is 1. The maximum atomic E-state index is 10.4. The Hall–Kier alpha value is -2.72. The Balaban J connectivity index is 0.000000244. The monoisotopic (exact) mass is 392 g/mol. The molecule has 146 valence electrons. The number of hydrogen-bond acceptors (Lipinski definition) is 8. The summed E-state index contributed by atoms with van der Waals surface area (Å²) in [5.74, 6) is 0.131. The standard InChI is InChI=1S/C12H17N3O2S.C5H7N3O/c1-8(16-3)6-15(2)9-5-13-12(17-4)10-11(9)18-7-14-10;1-8-3-4(2-7-8)5(6)9/h5,7-8H,6H2,1-4H3;2-3H,1H3,(H2,6,9). The van der Waals surface area contributed by atoms with Crippen LogP contribution in [0.25, 0.3) is 10.2 Å². The smallest absolute Gasteiger partial charge is 0.251 e. The lowest BCUT2D eigenvalue weighted by atomic mass is 10.3. The molecule has 0 saturated heterocycles. The van der Waals surface area contributed by atoms with Crippen LogP contribution in [0, 0.1) is 0 Å². The number of rotatable bonds is 6. The summed E-state index contributed by atoms with van der Waals surface area (Å²) in [7, 11) is 7.08. The minimum absolute atomic E-state index is 0.167. The topological polar surface area (TPSA) is 108 Å². The average molecular weight is 392 g/mol. The first-order valence-corrected chi connectivity index (χ1v) is 9.03. The fourth-order valence-electron chi connectivity index (χ4n) is 2.35. The molecule has 0 radical (unpaired) electrons. The van der Waals surface area contributed by atoms with E-state index >= 15 is 0 Å². The summed E-state index contributed by atoms with van der Waals surface area (Å²) in [5.41, 5.74) is 9.06. The number of amides is 1. The average Bonchev–Trinajstić information content (AvgIpc) is 3.30. The zero-order valence-corrected chi connectivity index (χ0v) is 16.9. The van der Waals surface area contributed by atoms with Crippen molar-refractivity contribution in [3.8, 4) is 5.88 Å². The van der Waals surface area contributed by atoms with E-state index in [-0.39, 0.29) is 6.10 Å². The van der Waals surface area contributed by atoms with E-state index in [1.54, 1.807) is 38.8 Å². The first kappa shape index (κ1) is 20.6. The number of anilines is 1. The Kier molecular flexibility index (Phi) is 7.08. The molecule has 10 heteroatoms. The van der Waals surface area contributed by atoms with E-state index in [0.717, 1.165) is 22.4 Å². The number of hydrogen-bond donors (Lipinski definition) is 1. The molecular weight excluding hydrogens is 368 g/mol. The minimum Gasteiger partial charge on any atom is -0.479 e. The number of fused-ring (bicyclic) bond motifs is 1. The highest BCUT2D eigenvalue weighted by molar-refractivity contribution is 7.17. The SMILES string of the molecule is COc1ncc(N(C)CC(C)OC)c2scnc12.Cn1cc(C(N)=O)cn1. The van der Waals surface area contributed by atoms with Gasteiger partial charge in [-0.15, -0.1) is 11.3 Å². The molecule has 0 aliphatic rings. The number of carbonyl (C=O) groups is 1. The van der Waals surface area contributed by atoms with E-state index < -0.39 is 5.91 Å². The summed E-state index contributed by atoms with van der Waals surface area (Å²) in [6.07, 6.45) is 4.99. The minimum atomic E-state index is -0.442. The van der Waals surface area contributed by atoms with Crippen LogP contribution in [0.4, 0.5) is 5.69 Å². The summed E-state index contributed by atoms with van der Waals surface area (Å²) in [5, 5.41) is 3.75. The van der Waals surface area contributed by atoms with Gasteiger partial charge in [-0.2, -0.15) is 5.10 Å². The highest BCUT2D eigenvalue weighted by Crippen LogP contribution is 2.33. The predicted octanol–water partition coefficient (Wildman–Crippen LogP) is 1.69. The zero-order chi connectivity index (χ0) is 20.0. The van der Waals surface area contributed by atoms with Crippen LogP contribution < -0.4 is 15.4 Å². The fourth-order valence-corrected chi connectivity index (χ4v) is 3.19. The molecule has 1 unspecified atom stereocenters. The van der Waals surface area contributed by atoms with Crippen molar-refractivity contribution in [1.82, 2.24) is 19.7 Å². The van der Waals surface area contributed by atoms with Crippen LogP contribution in [0.3, 0.4) is 0 Å². The normalized spacial score (nSPS) is 11.6. The van der Waals surface area contributed by atoms with E-state index in [4.69, 9.17) is 15.2 Å². The number of nitrogens with two attached hydrogens (primary N) is 1. The molecule has 0 aliphatic heterocycles. The Morgan fingerprint density at radius 1 is 1.37 bits per heavy atom. The van der Waals surface area contributed by atoms with E-state index in [1.165, 1.54) is 10.9 Å². The van der Waals surface area contributed by atoms with E-state index in [1.807, 2.05) is 25.7 Å². The van der Waals surface area contributed by atoms with E-state index in [9.17, 15) is 4.79 Å². The number of methoxy groups -OCH3 is 2. The van der Waals surface area contributed by atoms with Crippen LogP contribution in [-0.2, 0) is 11.8 Å². The Morgan fingerprint density at radius 2 is 2.11 bits per heavy atom. The van der Waals surface area contributed by atoms with Crippen molar-refractivity contribution in [3.05, 3.63) is 29.7 Å². The second kappa shape index (κ2) is 9.28. The summed E-state index contributed by atoms with van der Waals surface area (Å²) in [4.78, 5) is 21.1. The largest absolute Gasteiger partial charge is 0.479 e. The quantitative estimate of drug-likeness (QED) is 0.680. The first-order chi connectivity index (χ1) is 12.9. The van der Waals surface area contributed by atoms with Crippen LogP contribution >= 0.6 is 11.3 Å². The van der Waals surface area contributed by atoms with Gasteiger partial charge in [-0.1, -0.05) is 0 Å². The van der Waals surface area contributed by atoms with Gasteiger partial charge in [0.2, 0.25) is 5.88 Å². The summed E-state index contributed by atoms with van der Waals surface area (Å²) in [6, 6.07) is 0. The van der Waals surface area contributed by atoms with Crippen LogP contribution in [-0.4, -0.2) is 59.6 Å². The van der Waals surface area contributed by atoms with Gasteiger partial charge in [-0.05, 0) is 6.92 Å². The molecule has 0 saturated carbocycles. The number of primary amides is 1. The molecule has 0 spiro atoms. The molecule has 3 aromatic rings. The third kappa shape index (κ3) is 5.14. The molecule has 3 rings (SSSR count). The second-order valence-electron chi connectivity index (χ2n) is 5.88. The number of nitrogens with zero attached hydrogens (tertiary/aromatic N) is 5. The Morgan fingerprint density at radius 3 is 2.63 bits per heavy atom. The molecule has 0 fully saturated rings. The number of ether oxygens (including phenoxy) is 2. The van der Waals surface area contributed by atoms with Gasteiger partial charge in [0, 0.05) is 33.9 Å². The summed E-state index contributed by atoms with van der Waals surface area (Å²) >= 11 is 1.59. The van der Waals surface area contributed by atoms with Gasteiger partial charge in [0.1, 0.15) is 5.52 Å². The molecule has 1 amide bonds. The number of aromatic nitrogens is 4. The molecule has 0 bridgehead atoms. The molecular formula is C17H24N6O3S. The van der Waals surface area contributed by atoms with Gasteiger partial charge < -0.3 is 20.1 Å². The van der Waals surface area contributed by atoms with Crippen LogP contribution in [0.1, 0.15) is 17.3 Å². The van der Waals surface area contributed by atoms with Gasteiger partial charge in [-0.3, -0.25) is 9.48 Å². The molecule has 27 heavy (non-hydrogen) atoms. The van der Waals surface area contributed by atoms with Crippen LogP contribution in [0.15, 0.2) is 24.1 Å². The second-order valence-corrected chi connectivity index (χ2v) is 6.73. The number of thiazole rings is 1. The maximum absolute atomic E-state index is 10.4. The van der Waals surface area contributed by atoms with Crippen LogP contribution in [0.5, 0.6) is 5.88 Å². The van der Waals surface area contributed by atoms with Crippen molar-refractivity contribution in [2.45, 2.75) is 13.0 Å². The number of aryl methyl sites for hydroxylation is 1. The third-order valence-corrected chi connectivity index (χ3v) is 4.68. The third-order valence-electron chi connectivity index (χ3n) is 3.83. The van der Waals surface area contributed by atoms with Crippen molar-refractivity contribution in [3.63, 3.8) is 0 Å². The van der Waals surface area contributed by atoms with Crippen molar-refractivity contribution in [1.29, 1.82) is 0 Å². The lowest BCUT2D eigenvalue weighted by Gasteiger charge is -2.22. The molecule has 0 aromatic carbocycles. The highest BCUT2D eigenvalue weighted by atomic mass is 32.1. The summed E-state index contributed by atoms with van der Waals surface area (Å²) < 4.78 is 13.1. The highest BCUT2D eigenvalue weighted by Gasteiger charge is 2.15. The van der Waals surface area contributed by atoms with Gasteiger partial charge in [-0.25, -0.2) is 9.97 Å². The summed E-state index contributed by atoms with van der Waals surface area (Å²) in [6.45, 7) is 2.84. The van der Waals surface area contributed by atoms with Gasteiger partial charge in [0.25, 0.3) is 5.91 Å². The van der Waals surface area contributed by atoms with Gasteiger partial charge in [0.15, 0.2) is 0 Å². The zero-order valence-electron chi connectivity index (χ0n) is 16.0. The van der Waals surface area contributed by atoms with Crippen molar-refractivity contribution < 1.29 is 14.3 Å².